The first-order valence-electron chi connectivity index (χ1n) is 10.9. The zero-order valence-corrected chi connectivity index (χ0v) is 15.1. The molecule has 0 N–H and O–H groups in total. The molecule has 0 spiro atoms. The van der Waals surface area contributed by atoms with Crippen LogP contribution < -0.4 is 0 Å². The van der Waals surface area contributed by atoms with Gasteiger partial charge in [-0.05, 0) is 61.9 Å². The molecule has 0 aromatic carbocycles. The molecule has 128 valence electrons. The maximum Gasteiger partial charge on any atom is 0.00169 e. The molecule has 4 aliphatic carbocycles. The Bertz CT molecular complexity index is 437. The third-order valence-electron chi connectivity index (χ3n) is 7.42. The van der Waals surface area contributed by atoms with Crippen molar-refractivity contribution in [3.05, 3.63) is 23.3 Å². The molecule has 4 aliphatic rings. The fourth-order valence-corrected chi connectivity index (χ4v) is 6.21. The SMILES string of the molecule is C1=CC(C2CCCCC2)C(C2CCCCC2)=C1C1CCCCC1. The Hall–Kier alpha value is -0.520. The van der Waals surface area contributed by atoms with E-state index in [9.17, 15) is 0 Å². The minimum absolute atomic E-state index is 0.843. The molecule has 0 saturated heterocycles. The molecule has 0 heterocycles. The standard InChI is InChI=1S/C23H36/c1-4-10-18(11-5-1)21-16-17-22(19-12-6-2-7-13-19)23(21)20-14-8-3-9-15-20/h16-21H,1-15H2. The van der Waals surface area contributed by atoms with E-state index in [0.717, 1.165) is 23.7 Å². The molecule has 0 radical (unpaired) electrons. The Labute approximate surface area is 143 Å². The number of hydrogen-bond acceptors (Lipinski definition) is 0. The van der Waals surface area contributed by atoms with Crippen LogP contribution in [0.15, 0.2) is 23.3 Å². The van der Waals surface area contributed by atoms with Gasteiger partial charge in [0, 0.05) is 5.92 Å². The molecule has 0 bridgehead atoms. The van der Waals surface area contributed by atoms with Crippen molar-refractivity contribution in [3.63, 3.8) is 0 Å². The van der Waals surface area contributed by atoms with Crippen molar-refractivity contribution in [3.8, 4) is 0 Å². The summed E-state index contributed by atoms with van der Waals surface area (Å²) in [5, 5.41) is 0. The highest BCUT2D eigenvalue weighted by molar-refractivity contribution is 5.41. The molecule has 0 aromatic heterocycles. The van der Waals surface area contributed by atoms with Crippen LogP contribution in [0.25, 0.3) is 0 Å². The number of hydrogen-bond donors (Lipinski definition) is 0. The Morgan fingerprint density at radius 2 is 1.09 bits per heavy atom. The molecule has 23 heavy (non-hydrogen) atoms. The lowest BCUT2D eigenvalue weighted by atomic mass is 9.69. The zero-order valence-electron chi connectivity index (χ0n) is 15.1. The lowest BCUT2D eigenvalue weighted by Gasteiger charge is -2.36. The van der Waals surface area contributed by atoms with E-state index in [1.807, 2.05) is 11.1 Å². The Kier molecular flexibility index (Phi) is 5.26. The second-order valence-electron chi connectivity index (χ2n) is 8.86. The van der Waals surface area contributed by atoms with E-state index in [-0.39, 0.29) is 0 Å². The monoisotopic (exact) mass is 312 g/mol. The highest BCUT2D eigenvalue weighted by Crippen LogP contribution is 2.48. The van der Waals surface area contributed by atoms with Crippen LogP contribution in [0, 0.1) is 23.7 Å². The third kappa shape index (κ3) is 3.47. The predicted molar refractivity (Wildman–Crippen MR) is 99.4 cm³/mol. The molecule has 0 amide bonds. The van der Waals surface area contributed by atoms with E-state index in [2.05, 4.69) is 12.2 Å². The van der Waals surface area contributed by atoms with E-state index >= 15 is 0 Å². The summed E-state index contributed by atoms with van der Waals surface area (Å²) in [6.07, 6.45) is 27.6. The third-order valence-corrected chi connectivity index (χ3v) is 7.42. The predicted octanol–water partition coefficient (Wildman–Crippen LogP) is 7.21. The summed E-state index contributed by atoms with van der Waals surface area (Å²) in [6, 6.07) is 0. The molecule has 0 nitrogen and oxygen atoms in total. The highest BCUT2D eigenvalue weighted by atomic mass is 14.4. The molecule has 4 rings (SSSR count). The van der Waals surface area contributed by atoms with Crippen LogP contribution in [0.2, 0.25) is 0 Å². The van der Waals surface area contributed by atoms with Gasteiger partial charge in [0.05, 0.1) is 0 Å². The molecule has 3 saturated carbocycles. The second kappa shape index (κ2) is 7.58. The summed E-state index contributed by atoms with van der Waals surface area (Å²) >= 11 is 0. The fourth-order valence-electron chi connectivity index (χ4n) is 6.21. The smallest absolute Gasteiger partial charge is 0.00169 e. The lowest BCUT2D eigenvalue weighted by molar-refractivity contribution is 0.280. The average Bonchev–Trinajstić information content (AvgIpc) is 3.09. The molecule has 1 atom stereocenters. The maximum atomic E-state index is 2.67. The molecular weight excluding hydrogens is 276 g/mol. The Morgan fingerprint density at radius 3 is 1.70 bits per heavy atom. The van der Waals surface area contributed by atoms with Crippen LogP contribution in [0.5, 0.6) is 0 Å². The van der Waals surface area contributed by atoms with Crippen molar-refractivity contribution in [2.45, 2.75) is 96.3 Å². The molecular formula is C23H36. The van der Waals surface area contributed by atoms with E-state index in [1.165, 1.54) is 96.3 Å². The average molecular weight is 313 g/mol. The first-order valence-corrected chi connectivity index (χ1v) is 10.9. The number of allylic oxidation sites excluding steroid dienone is 4. The van der Waals surface area contributed by atoms with Gasteiger partial charge in [-0.3, -0.25) is 0 Å². The fraction of sp³-hybridized carbons (Fsp3) is 0.826. The normalized spacial score (nSPS) is 31.9. The van der Waals surface area contributed by atoms with E-state index in [1.54, 1.807) is 0 Å². The maximum absolute atomic E-state index is 2.67. The molecule has 0 aromatic rings. The quantitative estimate of drug-likeness (QED) is 0.516. The highest BCUT2D eigenvalue weighted by Gasteiger charge is 2.35. The summed E-state index contributed by atoms with van der Waals surface area (Å²) in [4.78, 5) is 0. The minimum Gasteiger partial charge on any atom is -0.0768 e. The van der Waals surface area contributed by atoms with Gasteiger partial charge in [-0.15, -0.1) is 0 Å². The molecule has 1 unspecified atom stereocenters. The Balaban J connectivity index is 1.60. The zero-order chi connectivity index (χ0) is 15.5. The summed E-state index contributed by atoms with van der Waals surface area (Å²) in [6.45, 7) is 0. The van der Waals surface area contributed by atoms with Crippen LogP contribution in [-0.2, 0) is 0 Å². The summed E-state index contributed by atoms with van der Waals surface area (Å²) in [5.74, 6) is 3.70. The lowest BCUT2D eigenvalue weighted by Crippen LogP contribution is -2.24. The van der Waals surface area contributed by atoms with Crippen LogP contribution in [0.4, 0.5) is 0 Å². The van der Waals surface area contributed by atoms with E-state index < -0.39 is 0 Å². The first kappa shape index (κ1) is 16.0. The van der Waals surface area contributed by atoms with Crippen molar-refractivity contribution in [1.82, 2.24) is 0 Å². The molecule has 0 aliphatic heterocycles. The van der Waals surface area contributed by atoms with Crippen LogP contribution >= 0.6 is 0 Å². The van der Waals surface area contributed by atoms with Crippen LogP contribution in [0.1, 0.15) is 96.3 Å². The molecule has 3 fully saturated rings. The van der Waals surface area contributed by atoms with Crippen molar-refractivity contribution >= 4 is 0 Å². The van der Waals surface area contributed by atoms with Crippen molar-refractivity contribution < 1.29 is 0 Å². The summed E-state index contributed by atoms with van der Waals surface area (Å²) in [7, 11) is 0. The van der Waals surface area contributed by atoms with Gasteiger partial charge in [-0.2, -0.15) is 0 Å². The number of rotatable bonds is 3. The minimum atomic E-state index is 0.843. The van der Waals surface area contributed by atoms with Gasteiger partial charge in [0.2, 0.25) is 0 Å². The summed E-state index contributed by atoms with van der Waals surface area (Å²) < 4.78 is 0. The van der Waals surface area contributed by atoms with Gasteiger partial charge in [-0.25, -0.2) is 0 Å². The van der Waals surface area contributed by atoms with Gasteiger partial charge in [0.25, 0.3) is 0 Å². The topological polar surface area (TPSA) is 0 Å². The first-order chi connectivity index (χ1) is 11.4. The van der Waals surface area contributed by atoms with Gasteiger partial charge in [0.1, 0.15) is 0 Å². The second-order valence-corrected chi connectivity index (χ2v) is 8.86. The van der Waals surface area contributed by atoms with Gasteiger partial charge >= 0.3 is 0 Å². The van der Waals surface area contributed by atoms with Crippen molar-refractivity contribution in [2.75, 3.05) is 0 Å². The van der Waals surface area contributed by atoms with Crippen molar-refractivity contribution in [1.29, 1.82) is 0 Å². The van der Waals surface area contributed by atoms with Gasteiger partial charge in [0.15, 0.2) is 0 Å². The Morgan fingerprint density at radius 1 is 0.565 bits per heavy atom. The van der Waals surface area contributed by atoms with Gasteiger partial charge < -0.3 is 0 Å². The van der Waals surface area contributed by atoms with Crippen LogP contribution in [0.3, 0.4) is 0 Å². The largest absolute Gasteiger partial charge is 0.0768 e. The molecule has 0 heteroatoms. The van der Waals surface area contributed by atoms with Gasteiger partial charge in [-0.1, -0.05) is 75.5 Å². The van der Waals surface area contributed by atoms with Crippen LogP contribution in [-0.4, -0.2) is 0 Å². The summed E-state index contributed by atoms with van der Waals surface area (Å²) in [5.41, 5.74) is 3.83. The van der Waals surface area contributed by atoms with E-state index in [0.29, 0.717) is 0 Å². The van der Waals surface area contributed by atoms with E-state index in [4.69, 9.17) is 0 Å². The van der Waals surface area contributed by atoms with Crippen molar-refractivity contribution in [2.24, 2.45) is 23.7 Å².